The van der Waals surface area contributed by atoms with E-state index >= 15 is 0 Å². The lowest BCUT2D eigenvalue weighted by atomic mass is 9.87. The number of benzene rings is 2. The molecule has 0 aromatic heterocycles. The number of halogens is 3. The Labute approximate surface area is 134 Å². The number of fused-ring (bicyclic) bond motifs is 1. The van der Waals surface area contributed by atoms with E-state index in [2.05, 4.69) is 5.32 Å². The summed E-state index contributed by atoms with van der Waals surface area (Å²) in [6.45, 7) is 0. The number of ketones is 1. The smallest absolute Gasteiger partial charge is 0.375 e. The van der Waals surface area contributed by atoms with Gasteiger partial charge in [0.15, 0.2) is 11.4 Å². The highest BCUT2D eigenvalue weighted by molar-refractivity contribution is 6.10. The number of anilines is 1. The number of hydrogen-bond acceptors (Lipinski definition) is 3. The first-order valence-electron chi connectivity index (χ1n) is 7.06. The molecular formula is C17H12F3NO3. The minimum atomic E-state index is -4.69. The number of nitrogens with one attached hydrogen (secondary N) is 1. The zero-order valence-electron chi connectivity index (χ0n) is 12.2. The van der Waals surface area contributed by atoms with Crippen LogP contribution in [-0.2, 0) is 16.6 Å². The summed E-state index contributed by atoms with van der Waals surface area (Å²) in [6.07, 6.45) is -5.33. The van der Waals surface area contributed by atoms with E-state index in [9.17, 15) is 27.9 Å². The molecule has 0 saturated heterocycles. The maximum Gasteiger partial charge on any atom is 0.418 e. The summed E-state index contributed by atoms with van der Waals surface area (Å²) in [7, 11) is 0. The summed E-state index contributed by atoms with van der Waals surface area (Å²) in [4.78, 5) is 24.4. The monoisotopic (exact) mass is 335 g/mol. The van der Waals surface area contributed by atoms with Crippen molar-refractivity contribution < 1.29 is 27.9 Å². The first-order chi connectivity index (χ1) is 11.2. The Bertz CT molecular complexity index is 818. The van der Waals surface area contributed by atoms with Gasteiger partial charge in [-0.3, -0.25) is 9.59 Å². The normalized spacial score (nSPS) is 19.8. The first kappa shape index (κ1) is 16.2. The van der Waals surface area contributed by atoms with Gasteiger partial charge in [0.25, 0.3) is 5.91 Å². The van der Waals surface area contributed by atoms with Gasteiger partial charge < -0.3 is 10.4 Å². The zero-order valence-corrected chi connectivity index (χ0v) is 12.2. The van der Waals surface area contributed by atoms with E-state index in [1.54, 1.807) is 18.2 Å². The van der Waals surface area contributed by atoms with Crippen LogP contribution in [0.5, 0.6) is 0 Å². The highest BCUT2D eigenvalue weighted by atomic mass is 19.4. The molecule has 1 heterocycles. The maximum absolute atomic E-state index is 13.0. The SMILES string of the molecule is O=C(CC1(O)C(=O)Nc2c(C(F)(F)F)cccc21)c1ccccc1. The van der Waals surface area contributed by atoms with Crippen molar-refractivity contribution in [3.63, 3.8) is 0 Å². The second kappa shape index (κ2) is 5.45. The van der Waals surface area contributed by atoms with Gasteiger partial charge >= 0.3 is 6.18 Å². The van der Waals surface area contributed by atoms with Crippen LogP contribution in [0.4, 0.5) is 18.9 Å². The Morgan fingerprint density at radius 2 is 1.75 bits per heavy atom. The molecule has 1 unspecified atom stereocenters. The van der Waals surface area contributed by atoms with Crippen LogP contribution in [0, 0.1) is 0 Å². The van der Waals surface area contributed by atoms with Crippen molar-refractivity contribution in [3.8, 4) is 0 Å². The van der Waals surface area contributed by atoms with Crippen LogP contribution in [0.2, 0.25) is 0 Å². The Balaban J connectivity index is 2.02. The fraction of sp³-hybridized carbons (Fsp3) is 0.176. The number of carbonyl (C=O) groups excluding carboxylic acids is 2. The molecule has 0 fully saturated rings. The third-order valence-corrected chi connectivity index (χ3v) is 3.94. The molecule has 0 spiro atoms. The molecule has 7 heteroatoms. The van der Waals surface area contributed by atoms with E-state index < -0.39 is 41.1 Å². The van der Waals surface area contributed by atoms with Gasteiger partial charge in [0.05, 0.1) is 17.7 Å². The topological polar surface area (TPSA) is 66.4 Å². The molecule has 1 aliphatic rings. The van der Waals surface area contributed by atoms with Crippen molar-refractivity contribution in [2.75, 3.05) is 5.32 Å². The minimum Gasteiger partial charge on any atom is -0.375 e. The summed E-state index contributed by atoms with van der Waals surface area (Å²) < 4.78 is 39.1. The number of hydrogen-bond donors (Lipinski definition) is 2. The Kier molecular flexibility index (Phi) is 3.68. The number of para-hydroxylation sites is 1. The molecule has 2 aromatic carbocycles. The summed E-state index contributed by atoms with van der Waals surface area (Å²) in [5, 5.41) is 12.7. The molecule has 3 rings (SSSR count). The molecule has 2 aromatic rings. The second-order valence-electron chi connectivity index (χ2n) is 5.51. The molecule has 1 aliphatic heterocycles. The molecule has 0 bridgehead atoms. The van der Waals surface area contributed by atoms with Crippen molar-refractivity contribution in [2.45, 2.75) is 18.2 Å². The molecule has 1 atom stereocenters. The van der Waals surface area contributed by atoms with E-state index in [4.69, 9.17) is 0 Å². The van der Waals surface area contributed by atoms with E-state index in [0.717, 1.165) is 12.1 Å². The van der Waals surface area contributed by atoms with Crippen LogP contribution in [0.1, 0.15) is 27.9 Å². The van der Waals surface area contributed by atoms with Gasteiger partial charge in [-0.25, -0.2) is 0 Å². The van der Waals surface area contributed by atoms with E-state index in [-0.39, 0.29) is 11.1 Å². The van der Waals surface area contributed by atoms with Gasteiger partial charge in [-0.1, -0.05) is 42.5 Å². The van der Waals surface area contributed by atoms with Crippen LogP contribution in [-0.4, -0.2) is 16.8 Å². The van der Waals surface area contributed by atoms with Crippen molar-refractivity contribution in [1.29, 1.82) is 0 Å². The number of alkyl halides is 3. The molecule has 0 aliphatic carbocycles. The molecular weight excluding hydrogens is 323 g/mol. The van der Waals surface area contributed by atoms with Gasteiger partial charge in [0.2, 0.25) is 0 Å². The lowest BCUT2D eigenvalue weighted by Crippen LogP contribution is -2.36. The number of carbonyl (C=O) groups is 2. The predicted octanol–water partition coefficient (Wildman–Crippen LogP) is 3.12. The van der Waals surface area contributed by atoms with Gasteiger partial charge in [-0.2, -0.15) is 13.2 Å². The number of Topliss-reactive ketones (excluding diaryl/α,β-unsaturated/α-hetero) is 1. The van der Waals surface area contributed by atoms with Crippen molar-refractivity contribution in [2.24, 2.45) is 0 Å². The summed E-state index contributed by atoms with van der Waals surface area (Å²) in [5.74, 6) is -1.59. The predicted molar refractivity (Wildman–Crippen MR) is 79.4 cm³/mol. The minimum absolute atomic E-state index is 0.244. The summed E-state index contributed by atoms with van der Waals surface area (Å²) >= 11 is 0. The summed E-state index contributed by atoms with van der Waals surface area (Å²) in [6, 6.07) is 11.0. The highest BCUT2D eigenvalue weighted by Gasteiger charge is 2.50. The van der Waals surface area contributed by atoms with E-state index in [1.807, 2.05) is 0 Å². The van der Waals surface area contributed by atoms with Gasteiger partial charge in [0, 0.05) is 11.1 Å². The molecule has 124 valence electrons. The van der Waals surface area contributed by atoms with Crippen LogP contribution in [0.25, 0.3) is 0 Å². The second-order valence-corrected chi connectivity index (χ2v) is 5.51. The van der Waals surface area contributed by atoms with Crippen molar-refractivity contribution in [3.05, 3.63) is 65.2 Å². The third kappa shape index (κ3) is 2.56. The number of rotatable bonds is 3. The largest absolute Gasteiger partial charge is 0.418 e. The lowest BCUT2D eigenvalue weighted by Gasteiger charge is -2.20. The Hall–Kier alpha value is -2.67. The highest BCUT2D eigenvalue weighted by Crippen LogP contribution is 2.45. The van der Waals surface area contributed by atoms with E-state index in [0.29, 0.717) is 0 Å². The number of aliphatic hydroxyl groups is 1. The first-order valence-corrected chi connectivity index (χ1v) is 7.06. The van der Waals surface area contributed by atoms with Crippen molar-refractivity contribution >= 4 is 17.4 Å². The fourth-order valence-corrected chi connectivity index (χ4v) is 2.74. The fourth-order valence-electron chi connectivity index (χ4n) is 2.74. The molecule has 4 nitrogen and oxygen atoms in total. The van der Waals surface area contributed by atoms with Crippen LogP contribution in [0.15, 0.2) is 48.5 Å². The van der Waals surface area contributed by atoms with Gasteiger partial charge in [-0.05, 0) is 6.07 Å². The Morgan fingerprint density at radius 1 is 1.08 bits per heavy atom. The average Bonchev–Trinajstić information content (AvgIpc) is 2.78. The lowest BCUT2D eigenvalue weighted by molar-refractivity contribution is -0.137. The molecule has 2 N–H and O–H groups in total. The van der Waals surface area contributed by atoms with E-state index in [1.165, 1.54) is 18.2 Å². The molecule has 0 radical (unpaired) electrons. The van der Waals surface area contributed by atoms with Crippen LogP contribution < -0.4 is 5.32 Å². The molecule has 1 amide bonds. The molecule has 24 heavy (non-hydrogen) atoms. The van der Waals surface area contributed by atoms with Crippen LogP contribution >= 0.6 is 0 Å². The van der Waals surface area contributed by atoms with Crippen molar-refractivity contribution in [1.82, 2.24) is 0 Å². The van der Waals surface area contributed by atoms with Crippen LogP contribution in [0.3, 0.4) is 0 Å². The molecule has 0 saturated carbocycles. The zero-order chi connectivity index (χ0) is 17.5. The number of amides is 1. The maximum atomic E-state index is 13.0. The average molecular weight is 335 g/mol. The Morgan fingerprint density at radius 3 is 2.38 bits per heavy atom. The van der Waals surface area contributed by atoms with Gasteiger partial charge in [-0.15, -0.1) is 0 Å². The quantitative estimate of drug-likeness (QED) is 0.847. The standard InChI is InChI=1S/C17H12F3NO3/c18-17(19,20)12-8-4-7-11-14(12)21-15(23)16(11,24)9-13(22)10-5-2-1-3-6-10/h1-8,24H,9H2,(H,21,23). The van der Waals surface area contributed by atoms with Gasteiger partial charge in [0.1, 0.15) is 0 Å². The third-order valence-electron chi connectivity index (χ3n) is 3.94. The summed E-state index contributed by atoms with van der Waals surface area (Å²) in [5.41, 5.74) is -3.87.